The van der Waals surface area contributed by atoms with Crippen LogP contribution in [0.1, 0.15) is 17.8 Å². The van der Waals surface area contributed by atoms with E-state index in [1.54, 1.807) is 21.2 Å². The molecule has 0 saturated carbocycles. The van der Waals surface area contributed by atoms with Crippen LogP contribution in [0.15, 0.2) is 11.2 Å². The molecule has 1 aliphatic rings. The summed E-state index contributed by atoms with van der Waals surface area (Å²) < 4.78 is 6.65. The first-order valence-electron chi connectivity index (χ1n) is 6.89. The van der Waals surface area contributed by atoms with Crippen molar-refractivity contribution in [2.45, 2.75) is 25.4 Å². The maximum atomic E-state index is 11.3. The van der Waals surface area contributed by atoms with Gasteiger partial charge in [-0.1, -0.05) is 11.8 Å². The number of cyclic esters (lactones) is 1. The smallest absolute Gasteiger partial charge is 0.409 e. The van der Waals surface area contributed by atoms with Gasteiger partial charge in [-0.3, -0.25) is 0 Å². The highest BCUT2D eigenvalue weighted by Crippen LogP contribution is 2.16. The van der Waals surface area contributed by atoms with Crippen LogP contribution < -0.4 is 0 Å². The average Bonchev–Trinajstić information content (AvgIpc) is 3.01. The third kappa shape index (κ3) is 3.10. The van der Waals surface area contributed by atoms with Crippen molar-refractivity contribution in [2.24, 2.45) is 0 Å². The van der Waals surface area contributed by atoms with Gasteiger partial charge in [-0.05, 0) is 26.3 Å². The normalized spacial score (nSPS) is 15.0. The van der Waals surface area contributed by atoms with Gasteiger partial charge < -0.3 is 9.64 Å². The van der Waals surface area contributed by atoms with Crippen molar-refractivity contribution in [3.8, 4) is 0 Å². The lowest BCUT2D eigenvalue weighted by atomic mass is 10.4. The molecule has 21 heavy (non-hydrogen) atoms. The van der Waals surface area contributed by atoms with Crippen molar-refractivity contribution < 1.29 is 9.53 Å². The van der Waals surface area contributed by atoms with Gasteiger partial charge >= 0.3 is 6.09 Å². The second-order valence-corrected chi connectivity index (χ2v) is 6.01. The van der Waals surface area contributed by atoms with Gasteiger partial charge in [0.2, 0.25) is 5.16 Å². The topological polar surface area (TPSA) is 72.6 Å². The first kappa shape index (κ1) is 14.1. The molecule has 1 fully saturated rings. The monoisotopic (exact) mass is 307 g/mol. The zero-order chi connectivity index (χ0) is 14.8. The molecule has 0 aliphatic carbocycles. The predicted molar refractivity (Wildman–Crippen MR) is 78.5 cm³/mol. The Labute approximate surface area is 126 Å². The summed E-state index contributed by atoms with van der Waals surface area (Å²) in [4.78, 5) is 21.8. The van der Waals surface area contributed by atoms with Crippen molar-refractivity contribution in [2.75, 3.05) is 25.4 Å². The van der Waals surface area contributed by atoms with Crippen LogP contribution in [0, 0.1) is 13.8 Å². The zero-order valence-corrected chi connectivity index (χ0v) is 12.9. The molecule has 0 atom stereocenters. The first-order valence-corrected chi connectivity index (χ1v) is 7.87. The van der Waals surface area contributed by atoms with Gasteiger partial charge in [0, 0.05) is 23.7 Å². The average molecular weight is 307 g/mol. The molecule has 2 aromatic rings. The van der Waals surface area contributed by atoms with E-state index >= 15 is 0 Å². The van der Waals surface area contributed by atoms with Gasteiger partial charge in [0.1, 0.15) is 6.61 Å². The highest BCUT2D eigenvalue weighted by Gasteiger charge is 2.20. The Morgan fingerprint density at radius 2 is 2.24 bits per heavy atom. The van der Waals surface area contributed by atoms with E-state index in [9.17, 15) is 4.79 Å². The standard InChI is InChI=1S/C13H17N5O2S/c1-9-8-10(2)18-11(14-9)15-12(16-18)21-7-3-4-17-5-6-20-13(17)19/h8H,3-7H2,1-2H3. The van der Waals surface area contributed by atoms with Crippen LogP contribution >= 0.6 is 11.8 Å². The fraction of sp³-hybridized carbons (Fsp3) is 0.538. The van der Waals surface area contributed by atoms with Crippen molar-refractivity contribution in [3.63, 3.8) is 0 Å². The van der Waals surface area contributed by atoms with E-state index in [0.29, 0.717) is 18.9 Å². The van der Waals surface area contributed by atoms with Crippen LogP contribution in [-0.2, 0) is 4.74 Å². The van der Waals surface area contributed by atoms with E-state index in [1.165, 1.54) is 0 Å². The molecule has 7 nitrogen and oxygen atoms in total. The molecule has 0 radical (unpaired) electrons. The fourth-order valence-corrected chi connectivity index (χ4v) is 3.00. The van der Waals surface area contributed by atoms with Crippen molar-refractivity contribution >= 4 is 23.6 Å². The number of hydrogen-bond donors (Lipinski definition) is 0. The van der Waals surface area contributed by atoms with Gasteiger partial charge in [0.15, 0.2) is 0 Å². The molecule has 112 valence electrons. The van der Waals surface area contributed by atoms with Crippen LogP contribution in [0.4, 0.5) is 4.79 Å². The Bertz CT molecular complexity index is 672. The lowest BCUT2D eigenvalue weighted by molar-refractivity contribution is 0.158. The molecule has 3 heterocycles. The van der Waals surface area contributed by atoms with Crippen LogP contribution in [-0.4, -0.2) is 56.0 Å². The summed E-state index contributed by atoms with van der Waals surface area (Å²) in [6, 6.07) is 1.98. The van der Waals surface area contributed by atoms with Crippen LogP contribution in [0.25, 0.3) is 5.78 Å². The van der Waals surface area contributed by atoms with Gasteiger partial charge in [-0.2, -0.15) is 4.98 Å². The van der Waals surface area contributed by atoms with Crippen molar-refractivity contribution in [3.05, 3.63) is 17.5 Å². The van der Waals surface area contributed by atoms with Gasteiger partial charge in [-0.15, -0.1) is 5.10 Å². The number of thioether (sulfide) groups is 1. The number of ether oxygens (including phenoxy) is 1. The first-order chi connectivity index (χ1) is 10.1. The van der Waals surface area contributed by atoms with E-state index < -0.39 is 0 Å². The Balaban J connectivity index is 1.56. The van der Waals surface area contributed by atoms with Gasteiger partial charge in [0.05, 0.1) is 6.54 Å². The summed E-state index contributed by atoms with van der Waals surface area (Å²) in [6.45, 7) is 5.85. The number of amides is 1. The molecule has 2 aromatic heterocycles. The second kappa shape index (κ2) is 5.88. The summed E-state index contributed by atoms with van der Waals surface area (Å²) in [6.07, 6.45) is 0.682. The minimum Gasteiger partial charge on any atom is -0.448 e. The van der Waals surface area contributed by atoms with E-state index in [1.807, 2.05) is 19.9 Å². The summed E-state index contributed by atoms with van der Waals surface area (Å²) in [7, 11) is 0. The number of aromatic nitrogens is 4. The third-order valence-electron chi connectivity index (χ3n) is 3.25. The minimum atomic E-state index is -0.207. The van der Waals surface area contributed by atoms with Crippen molar-refractivity contribution in [1.29, 1.82) is 0 Å². The molecule has 1 amide bonds. The summed E-state index contributed by atoms with van der Waals surface area (Å²) >= 11 is 1.58. The second-order valence-electron chi connectivity index (χ2n) is 4.95. The van der Waals surface area contributed by atoms with Crippen LogP contribution in [0.5, 0.6) is 0 Å². The molecule has 0 aromatic carbocycles. The maximum Gasteiger partial charge on any atom is 0.409 e. The number of aryl methyl sites for hydroxylation is 2. The highest BCUT2D eigenvalue weighted by atomic mass is 32.2. The van der Waals surface area contributed by atoms with E-state index in [2.05, 4.69) is 15.1 Å². The number of fused-ring (bicyclic) bond motifs is 1. The van der Waals surface area contributed by atoms with E-state index in [4.69, 9.17) is 4.74 Å². The molecular weight excluding hydrogens is 290 g/mol. The molecular formula is C13H17N5O2S. The van der Waals surface area contributed by atoms with Crippen LogP contribution in [0.3, 0.4) is 0 Å². The highest BCUT2D eigenvalue weighted by molar-refractivity contribution is 7.99. The minimum absolute atomic E-state index is 0.207. The molecule has 1 saturated heterocycles. The maximum absolute atomic E-state index is 11.3. The molecule has 3 rings (SSSR count). The fourth-order valence-electron chi connectivity index (χ4n) is 2.26. The molecule has 0 bridgehead atoms. The van der Waals surface area contributed by atoms with Gasteiger partial charge in [-0.25, -0.2) is 14.3 Å². The summed E-state index contributed by atoms with van der Waals surface area (Å²) in [5, 5.41) is 5.16. The number of nitrogens with zero attached hydrogens (tertiary/aromatic N) is 5. The molecule has 8 heteroatoms. The number of rotatable bonds is 5. The Hall–Kier alpha value is -1.83. The predicted octanol–water partition coefficient (Wildman–Crippen LogP) is 1.68. The van der Waals surface area contributed by atoms with Crippen molar-refractivity contribution in [1.82, 2.24) is 24.5 Å². The SMILES string of the molecule is Cc1cc(C)n2nc(SCCCN3CCOC3=O)nc2n1. The van der Waals surface area contributed by atoms with Crippen LogP contribution in [0.2, 0.25) is 0 Å². The summed E-state index contributed by atoms with van der Waals surface area (Å²) in [5.74, 6) is 1.50. The van der Waals surface area contributed by atoms with E-state index in [-0.39, 0.29) is 6.09 Å². The number of hydrogen-bond acceptors (Lipinski definition) is 6. The molecule has 0 N–H and O–H groups in total. The Morgan fingerprint density at radius 1 is 1.38 bits per heavy atom. The molecule has 0 spiro atoms. The largest absolute Gasteiger partial charge is 0.448 e. The lowest BCUT2D eigenvalue weighted by Crippen LogP contribution is -2.25. The third-order valence-corrected chi connectivity index (χ3v) is 4.17. The zero-order valence-electron chi connectivity index (χ0n) is 12.1. The molecule has 1 aliphatic heterocycles. The number of carbonyl (C=O) groups excluding carboxylic acids is 1. The lowest BCUT2D eigenvalue weighted by Gasteiger charge is -2.10. The summed E-state index contributed by atoms with van der Waals surface area (Å²) in [5.41, 5.74) is 1.97. The van der Waals surface area contributed by atoms with E-state index in [0.717, 1.165) is 35.3 Å². The Kier molecular flexibility index (Phi) is 3.96. The quantitative estimate of drug-likeness (QED) is 0.618. The Morgan fingerprint density at radius 3 is 3.00 bits per heavy atom. The van der Waals surface area contributed by atoms with Gasteiger partial charge in [0.25, 0.3) is 5.78 Å². The molecule has 0 unspecified atom stereocenters. The number of carbonyl (C=O) groups is 1.